The van der Waals surface area contributed by atoms with Crippen LogP contribution in [0.4, 0.5) is 0 Å². The first-order valence-corrected chi connectivity index (χ1v) is 6.18. The monoisotopic (exact) mass is 236 g/mol. The fraction of sp³-hybridized carbons (Fsp3) is 0.875. The summed E-state index contributed by atoms with van der Waals surface area (Å²) in [6.07, 6.45) is 1.03. The van der Waals surface area contributed by atoms with E-state index in [-0.39, 0.29) is 24.4 Å². The fourth-order valence-electron chi connectivity index (χ4n) is 1.88. The molecule has 0 amide bonds. The first kappa shape index (κ1) is 12.4. The van der Waals surface area contributed by atoms with Crippen molar-refractivity contribution in [2.45, 2.75) is 25.4 Å². The number of carboxylic acid groups (broad SMARTS) is 1. The number of piperidine rings is 1. The molecule has 0 radical (unpaired) electrons. The molecular formula is C8H16N2O4S. The maximum Gasteiger partial charge on any atom is 0.303 e. The van der Waals surface area contributed by atoms with Crippen molar-refractivity contribution in [2.24, 2.45) is 11.7 Å². The molecule has 7 heteroatoms. The predicted molar refractivity (Wildman–Crippen MR) is 54.8 cm³/mol. The maximum atomic E-state index is 10.5. The number of likely N-dealkylation sites (tertiary alicyclic amines) is 1. The van der Waals surface area contributed by atoms with Gasteiger partial charge in [0, 0.05) is 13.0 Å². The summed E-state index contributed by atoms with van der Waals surface area (Å²) in [5.41, 5.74) is 5.76. The normalized spacial score (nSPS) is 28.1. The zero-order valence-electron chi connectivity index (χ0n) is 8.33. The zero-order chi connectivity index (χ0) is 11.4. The minimum absolute atomic E-state index is 0.0315. The Kier molecular flexibility index (Phi) is 4.49. The van der Waals surface area contributed by atoms with E-state index in [4.69, 9.17) is 10.8 Å². The Balaban J connectivity index is 2.43. The molecule has 0 bridgehead atoms. The smallest absolute Gasteiger partial charge is 0.303 e. The Bertz CT molecular complexity index is 297. The predicted octanol–water partition coefficient (Wildman–Crippen LogP) is -0.973. The van der Waals surface area contributed by atoms with Gasteiger partial charge in [0.05, 0.1) is 6.17 Å². The number of aliphatic carboxylic acids is 1. The number of nitrogens with zero attached hydrogens (tertiary/aromatic N) is 1. The molecule has 88 valence electrons. The topological polar surface area (TPSA) is 101 Å². The van der Waals surface area contributed by atoms with Crippen LogP contribution in [-0.4, -0.2) is 43.0 Å². The van der Waals surface area contributed by atoms with Gasteiger partial charge in [0.25, 0.3) is 0 Å². The van der Waals surface area contributed by atoms with Crippen molar-refractivity contribution in [3.63, 3.8) is 0 Å². The van der Waals surface area contributed by atoms with Crippen molar-refractivity contribution in [1.29, 1.82) is 0 Å². The molecule has 3 N–H and O–H groups in total. The van der Waals surface area contributed by atoms with Gasteiger partial charge in [0.2, 0.25) is 0 Å². The first-order chi connectivity index (χ1) is 6.99. The molecule has 1 saturated heterocycles. The average Bonchev–Trinajstić information content (AvgIpc) is 2.08. The molecule has 0 spiro atoms. The van der Waals surface area contributed by atoms with E-state index in [1.54, 1.807) is 4.90 Å². The Morgan fingerprint density at radius 2 is 2.20 bits per heavy atom. The van der Waals surface area contributed by atoms with Gasteiger partial charge in [-0.25, -0.2) is 8.42 Å². The summed E-state index contributed by atoms with van der Waals surface area (Å²) in [7, 11) is -2.45. The number of hydrogen-bond acceptors (Lipinski definition) is 5. The van der Waals surface area contributed by atoms with Gasteiger partial charge in [-0.05, 0) is 18.8 Å². The van der Waals surface area contributed by atoms with Crippen molar-refractivity contribution in [3.8, 4) is 0 Å². The quantitative estimate of drug-likeness (QED) is 0.543. The Hall–Kier alpha value is -0.660. The number of thiol groups is 1. The van der Waals surface area contributed by atoms with Gasteiger partial charge in [-0.2, -0.15) is 0 Å². The van der Waals surface area contributed by atoms with Crippen LogP contribution in [0.15, 0.2) is 0 Å². The summed E-state index contributed by atoms with van der Waals surface area (Å²) >= 11 is 0. The largest absolute Gasteiger partial charge is 0.481 e. The van der Waals surface area contributed by atoms with Crippen molar-refractivity contribution in [1.82, 2.24) is 4.90 Å². The highest BCUT2D eigenvalue weighted by Gasteiger charge is 2.27. The van der Waals surface area contributed by atoms with E-state index in [1.807, 2.05) is 0 Å². The number of nitrogens with two attached hydrogens (primary N) is 1. The number of rotatable bonds is 4. The van der Waals surface area contributed by atoms with Crippen LogP contribution < -0.4 is 5.73 Å². The highest BCUT2D eigenvalue weighted by Crippen LogP contribution is 2.22. The van der Waals surface area contributed by atoms with Gasteiger partial charge in [0.15, 0.2) is 10.7 Å². The minimum Gasteiger partial charge on any atom is -0.481 e. The molecule has 0 aromatic carbocycles. The Morgan fingerprint density at radius 1 is 1.53 bits per heavy atom. The van der Waals surface area contributed by atoms with Crippen LogP contribution >= 0.6 is 0 Å². The van der Waals surface area contributed by atoms with E-state index < -0.39 is 16.7 Å². The first-order valence-electron chi connectivity index (χ1n) is 4.82. The minimum atomic E-state index is -2.45. The summed E-state index contributed by atoms with van der Waals surface area (Å²) in [6, 6.07) is 0. The zero-order valence-corrected chi connectivity index (χ0v) is 9.23. The third-order valence-electron chi connectivity index (χ3n) is 2.63. The van der Waals surface area contributed by atoms with Crippen LogP contribution in [0.2, 0.25) is 0 Å². The lowest BCUT2D eigenvalue weighted by Gasteiger charge is -2.35. The molecule has 0 saturated carbocycles. The fourth-order valence-corrected chi connectivity index (χ4v) is 2.53. The van der Waals surface area contributed by atoms with Gasteiger partial charge in [0.1, 0.15) is 5.88 Å². The third-order valence-corrected chi connectivity index (χ3v) is 3.22. The molecule has 6 nitrogen and oxygen atoms in total. The van der Waals surface area contributed by atoms with E-state index in [1.165, 1.54) is 0 Å². The van der Waals surface area contributed by atoms with Crippen LogP contribution in [-0.2, 0) is 15.5 Å². The molecule has 0 aromatic rings. The molecule has 2 unspecified atom stereocenters. The second-order valence-electron chi connectivity index (χ2n) is 3.84. The van der Waals surface area contributed by atoms with Gasteiger partial charge < -0.3 is 10.8 Å². The van der Waals surface area contributed by atoms with E-state index >= 15 is 0 Å². The van der Waals surface area contributed by atoms with Crippen LogP contribution in [0.5, 0.6) is 0 Å². The van der Waals surface area contributed by atoms with Crippen LogP contribution in [0.1, 0.15) is 19.3 Å². The summed E-state index contributed by atoms with van der Waals surface area (Å²) in [4.78, 5) is 12.2. The molecule has 1 heterocycles. The van der Waals surface area contributed by atoms with Gasteiger partial charge >= 0.3 is 5.97 Å². The Labute approximate surface area is 90.0 Å². The van der Waals surface area contributed by atoms with Crippen LogP contribution in [0.3, 0.4) is 0 Å². The van der Waals surface area contributed by atoms with Gasteiger partial charge in [-0.15, -0.1) is 0 Å². The molecule has 1 rings (SSSR count). The average molecular weight is 236 g/mol. The van der Waals surface area contributed by atoms with Crippen LogP contribution in [0.25, 0.3) is 0 Å². The van der Waals surface area contributed by atoms with E-state index in [0.29, 0.717) is 19.4 Å². The molecule has 0 aromatic heterocycles. The maximum absolute atomic E-state index is 10.5. The summed E-state index contributed by atoms with van der Waals surface area (Å²) < 4.78 is 21.0. The second kappa shape index (κ2) is 5.43. The van der Waals surface area contributed by atoms with E-state index in [2.05, 4.69) is 0 Å². The number of carbonyl (C=O) groups is 1. The molecule has 1 aliphatic heterocycles. The molecule has 15 heavy (non-hydrogen) atoms. The number of carboxylic acids is 1. The van der Waals surface area contributed by atoms with E-state index in [9.17, 15) is 13.2 Å². The van der Waals surface area contributed by atoms with Crippen LogP contribution in [0, 0.1) is 5.92 Å². The summed E-state index contributed by atoms with van der Waals surface area (Å²) in [5, 5.41) is 8.61. The standard InChI is InChI=1S/C8H16N2O4S/c9-7-3-6(4-8(11)12)1-2-10(7)5-15(13)14/h6-7,15H,1-5,9H2,(H,11,12). The van der Waals surface area contributed by atoms with Gasteiger partial charge in [-0.1, -0.05) is 0 Å². The molecule has 1 fully saturated rings. The molecular weight excluding hydrogens is 220 g/mol. The lowest BCUT2D eigenvalue weighted by molar-refractivity contribution is -0.138. The lowest BCUT2D eigenvalue weighted by Crippen LogP contribution is -2.48. The van der Waals surface area contributed by atoms with Crippen molar-refractivity contribution >= 4 is 16.7 Å². The summed E-state index contributed by atoms with van der Waals surface area (Å²) in [5.74, 6) is -0.787. The van der Waals surface area contributed by atoms with Crippen molar-refractivity contribution < 1.29 is 18.3 Å². The number of hydrogen-bond donors (Lipinski definition) is 3. The highest BCUT2D eigenvalue weighted by molar-refractivity contribution is 7.72. The highest BCUT2D eigenvalue weighted by atomic mass is 32.2. The van der Waals surface area contributed by atoms with E-state index in [0.717, 1.165) is 0 Å². The SMILES string of the molecule is NC1CC(CC(=O)O)CCN1C[SH](=O)=O. The third kappa shape index (κ3) is 4.15. The molecule has 1 aliphatic rings. The molecule has 2 atom stereocenters. The van der Waals surface area contributed by atoms with Crippen molar-refractivity contribution in [2.75, 3.05) is 12.4 Å². The molecule has 0 aliphatic carbocycles. The lowest BCUT2D eigenvalue weighted by atomic mass is 9.92. The summed E-state index contributed by atoms with van der Waals surface area (Å²) in [6.45, 7) is 0.558. The second-order valence-corrected chi connectivity index (χ2v) is 4.79. The van der Waals surface area contributed by atoms with Gasteiger partial charge in [-0.3, -0.25) is 9.69 Å². The van der Waals surface area contributed by atoms with Crippen molar-refractivity contribution in [3.05, 3.63) is 0 Å². The Morgan fingerprint density at radius 3 is 2.67 bits per heavy atom.